The molecule has 0 unspecified atom stereocenters. The van der Waals surface area contributed by atoms with E-state index in [1.807, 2.05) is 25.1 Å². The molecule has 0 fully saturated rings. The number of rotatable bonds is 5. The molecule has 0 aliphatic rings. The molecule has 88 valence electrons. The Morgan fingerprint density at radius 2 is 2.12 bits per heavy atom. The standard InChI is InChI=1S/C12H18N2OS/c1-9-3-4-11(7-10(9)2)14-12(15)8-16-6-5-13/h3-4,7H,5-6,8,13H2,1-2H3,(H,14,15). The van der Waals surface area contributed by atoms with E-state index < -0.39 is 0 Å². The van der Waals surface area contributed by atoms with Crippen LogP contribution in [-0.2, 0) is 4.79 Å². The lowest BCUT2D eigenvalue weighted by Gasteiger charge is -2.07. The zero-order valence-electron chi connectivity index (χ0n) is 9.75. The molecule has 0 aromatic heterocycles. The fraction of sp³-hybridized carbons (Fsp3) is 0.417. The number of carbonyl (C=O) groups is 1. The number of benzene rings is 1. The highest BCUT2D eigenvalue weighted by Gasteiger charge is 2.02. The van der Waals surface area contributed by atoms with E-state index in [0.29, 0.717) is 12.3 Å². The van der Waals surface area contributed by atoms with Crippen LogP contribution in [0.15, 0.2) is 18.2 Å². The molecule has 1 amide bonds. The van der Waals surface area contributed by atoms with E-state index >= 15 is 0 Å². The van der Waals surface area contributed by atoms with Crippen molar-refractivity contribution in [3.63, 3.8) is 0 Å². The molecule has 1 aromatic rings. The van der Waals surface area contributed by atoms with Gasteiger partial charge in [-0.1, -0.05) is 6.07 Å². The minimum atomic E-state index is 0.0294. The number of amides is 1. The summed E-state index contributed by atoms with van der Waals surface area (Å²) >= 11 is 1.55. The number of anilines is 1. The third-order valence-electron chi connectivity index (χ3n) is 2.29. The predicted octanol–water partition coefficient (Wildman–Crippen LogP) is 1.93. The molecule has 0 aliphatic heterocycles. The Labute approximate surface area is 101 Å². The van der Waals surface area contributed by atoms with Crippen LogP contribution in [0.4, 0.5) is 5.69 Å². The van der Waals surface area contributed by atoms with Crippen LogP contribution in [0.25, 0.3) is 0 Å². The van der Waals surface area contributed by atoms with Gasteiger partial charge in [0, 0.05) is 18.0 Å². The summed E-state index contributed by atoms with van der Waals surface area (Å²) in [4.78, 5) is 11.5. The Kier molecular flexibility index (Phi) is 5.35. The van der Waals surface area contributed by atoms with Crippen molar-refractivity contribution >= 4 is 23.4 Å². The fourth-order valence-corrected chi connectivity index (χ4v) is 1.83. The summed E-state index contributed by atoms with van der Waals surface area (Å²) < 4.78 is 0. The van der Waals surface area contributed by atoms with Crippen molar-refractivity contribution in [3.05, 3.63) is 29.3 Å². The molecule has 0 atom stereocenters. The third kappa shape index (κ3) is 4.24. The lowest BCUT2D eigenvalue weighted by atomic mass is 10.1. The number of nitrogens with two attached hydrogens (primary N) is 1. The highest BCUT2D eigenvalue weighted by Crippen LogP contribution is 2.14. The monoisotopic (exact) mass is 238 g/mol. The van der Waals surface area contributed by atoms with Gasteiger partial charge in [-0.3, -0.25) is 4.79 Å². The maximum Gasteiger partial charge on any atom is 0.234 e. The van der Waals surface area contributed by atoms with Crippen molar-refractivity contribution in [1.82, 2.24) is 0 Å². The van der Waals surface area contributed by atoms with Crippen LogP contribution in [0.3, 0.4) is 0 Å². The SMILES string of the molecule is Cc1ccc(NC(=O)CSCCN)cc1C. The van der Waals surface area contributed by atoms with Gasteiger partial charge in [0.25, 0.3) is 0 Å². The Balaban J connectivity index is 2.46. The summed E-state index contributed by atoms with van der Waals surface area (Å²) in [7, 11) is 0. The molecule has 16 heavy (non-hydrogen) atoms. The number of hydrogen-bond donors (Lipinski definition) is 2. The van der Waals surface area contributed by atoms with Crippen molar-refractivity contribution in [2.45, 2.75) is 13.8 Å². The summed E-state index contributed by atoms with van der Waals surface area (Å²) in [6.45, 7) is 4.70. The van der Waals surface area contributed by atoms with Gasteiger partial charge in [0.1, 0.15) is 0 Å². The topological polar surface area (TPSA) is 55.1 Å². The molecule has 3 nitrogen and oxygen atoms in total. The van der Waals surface area contributed by atoms with E-state index in [1.165, 1.54) is 11.1 Å². The zero-order chi connectivity index (χ0) is 12.0. The first kappa shape index (κ1) is 13.1. The summed E-state index contributed by atoms with van der Waals surface area (Å²) in [5.74, 6) is 1.31. The first-order valence-electron chi connectivity index (χ1n) is 5.28. The van der Waals surface area contributed by atoms with E-state index in [0.717, 1.165) is 11.4 Å². The fourth-order valence-electron chi connectivity index (χ4n) is 1.26. The van der Waals surface area contributed by atoms with Gasteiger partial charge in [0.05, 0.1) is 5.75 Å². The van der Waals surface area contributed by atoms with Crippen LogP contribution in [0.1, 0.15) is 11.1 Å². The average molecular weight is 238 g/mol. The molecule has 0 radical (unpaired) electrons. The van der Waals surface area contributed by atoms with Gasteiger partial charge in [0.15, 0.2) is 0 Å². The van der Waals surface area contributed by atoms with E-state index in [9.17, 15) is 4.79 Å². The normalized spacial score (nSPS) is 10.2. The van der Waals surface area contributed by atoms with E-state index in [2.05, 4.69) is 12.2 Å². The van der Waals surface area contributed by atoms with Crippen LogP contribution in [0.2, 0.25) is 0 Å². The zero-order valence-corrected chi connectivity index (χ0v) is 10.6. The van der Waals surface area contributed by atoms with Gasteiger partial charge in [0.2, 0.25) is 5.91 Å². The lowest BCUT2D eigenvalue weighted by molar-refractivity contribution is -0.113. The largest absolute Gasteiger partial charge is 0.330 e. The molecule has 1 aromatic carbocycles. The number of nitrogens with one attached hydrogen (secondary N) is 1. The van der Waals surface area contributed by atoms with Gasteiger partial charge in [-0.2, -0.15) is 11.8 Å². The average Bonchev–Trinajstić information content (AvgIpc) is 2.24. The van der Waals surface area contributed by atoms with Gasteiger partial charge >= 0.3 is 0 Å². The Morgan fingerprint density at radius 1 is 1.38 bits per heavy atom. The summed E-state index contributed by atoms with van der Waals surface area (Å²) in [5.41, 5.74) is 8.63. The van der Waals surface area contributed by atoms with Gasteiger partial charge < -0.3 is 11.1 Å². The molecule has 0 saturated carbocycles. The molecular weight excluding hydrogens is 220 g/mol. The van der Waals surface area contributed by atoms with Crippen LogP contribution in [0, 0.1) is 13.8 Å². The van der Waals surface area contributed by atoms with Crippen molar-refractivity contribution in [2.24, 2.45) is 5.73 Å². The second kappa shape index (κ2) is 6.55. The number of carbonyl (C=O) groups excluding carboxylic acids is 1. The van der Waals surface area contributed by atoms with Crippen molar-refractivity contribution in [3.8, 4) is 0 Å². The Bertz CT molecular complexity index is 366. The molecule has 0 aliphatic carbocycles. The maximum atomic E-state index is 11.5. The molecule has 4 heteroatoms. The number of hydrogen-bond acceptors (Lipinski definition) is 3. The minimum absolute atomic E-state index is 0.0294. The molecule has 1 rings (SSSR count). The quantitative estimate of drug-likeness (QED) is 0.771. The van der Waals surface area contributed by atoms with Crippen LogP contribution >= 0.6 is 11.8 Å². The van der Waals surface area contributed by atoms with Gasteiger partial charge in [-0.15, -0.1) is 0 Å². The molecule has 3 N–H and O–H groups in total. The van der Waals surface area contributed by atoms with Crippen LogP contribution in [-0.4, -0.2) is 24.0 Å². The van der Waals surface area contributed by atoms with Gasteiger partial charge in [-0.05, 0) is 37.1 Å². The Hall–Kier alpha value is -1.00. The summed E-state index contributed by atoms with van der Waals surface area (Å²) in [6.07, 6.45) is 0. The van der Waals surface area contributed by atoms with E-state index in [4.69, 9.17) is 5.73 Å². The van der Waals surface area contributed by atoms with Crippen molar-refractivity contribution in [2.75, 3.05) is 23.4 Å². The second-order valence-corrected chi connectivity index (χ2v) is 4.79. The summed E-state index contributed by atoms with van der Waals surface area (Å²) in [6, 6.07) is 5.92. The molecular formula is C12H18N2OS. The predicted molar refractivity (Wildman–Crippen MR) is 70.9 cm³/mol. The third-order valence-corrected chi connectivity index (χ3v) is 3.28. The lowest BCUT2D eigenvalue weighted by Crippen LogP contribution is -2.15. The first-order valence-corrected chi connectivity index (χ1v) is 6.44. The van der Waals surface area contributed by atoms with Crippen LogP contribution < -0.4 is 11.1 Å². The van der Waals surface area contributed by atoms with Crippen molar-refractivity contribution in [1.29, 1.82) is 0 Å². The number of thioether (sulfide) groups is 1. The molecule has 0 spiro atoms. The highest BCUT2D eigenvalue weighted by atomic mass is 32.2. The van der Waals surface area contributed by atoms with Crippen LogP contribution in [0.5, 0.6) is 0 Å². The molecule has 0 saturated heterocycles. The first-order chi connectivity index (χ1) is 7.63. The second-order valence-electron chi connectivity index (χ2n) is 3.69. The minimum Gasteiger partial charge on any atom is -0.330 e. The molecule has 0 bridgehead atoms. The van der Waals surface area contributed by atoms with Gasteiger partial charge in [-0.25, -0.2) is 0 Å². The van der Waals surface area contributed by atoms with E-state index in [-0.39, 0.29) is 5.91 Å². The summed E-state index contributed by atoms with van der Waals surface area (Å²) in [5, 5.41) is 2.87. The van der Waals surface area contributed by atoms with E-state index in [1.54, 1.807) is 11.8 Å². The highest BCUT2D eigenvalue weighted by molar-refractivity contribution is 7.99. The molecule has 0 heterocycles. The smallest absolute Gasteiger partial charge is 0.234 e. The Morgan fingerprint density at radius 3 is 2.75 bits per heavy atom. The maximum absolute atomic E-state index is 11.5. The van der Waals surface area contributed by atoms with Crippen molar-refractivity contribution < 1.29 is 4.79 Å². The number of aryl methyl sites for hydroxylation is 2.